The number of aryl methyl sites for hydroxylation is 1. The Kier molecular flexibility index (Phi) is 9.03. The van der Waals surface area contributed by atoms with Gasteiger partial charge in [-0.3, -0.25) is 9.10 Å². The van der Waals surface area contributed by atoms with Crippen LogP contribution in [0.2, 0.25) is 5.02 Å². The van der Waals surface area contributed by atoms with Gasteiger partial charge in [-0.1, -0.05) is 18.0 Å². The molecule has 0 spiro atoms. The van der Waals surface area contributed by atoms with Gasteiger partial charge in [-0.15, -0.1) is 0 Å². The van der Waals surface area contributed by atoms with Crippen LogP contribution >= 0.6 is 11.6 Å². The van der Waals surface area contributed by atoms with Crippen LogP contribution in [-0.4, -0.2) is 66.1 Å². The molecule has 1 fully saturated rings. The Morgan fingerprint density at radius 2 is 1.71 bits per heavy atom. The Morgan fingerprint density at radius 1 is 1.06 bits per heavy atom. The molecule has 1 aliphatic rings. The van der Waals surface area contributed by atoms with Crippen molar-refractivity contribution in [1.82, 2.24) is 9.62 Å². The Hall–Kier alpha value is -2.34. The number of hydrogen-bond acceptors (Lipinski definition) is 6. The second-order valence-electron chi connectivity index (χ2n) is 8.34. The summed E-state index contributed by atoms with van der Waals surface area (Å²) >= 11 is 5.95. The number of ether oxygens (including phenoxy) is 1. The average molecular weight is 544 g/mol. The molecule has 0 bridgehead atoms. The van der Waals surface area contributed by atoms with E-state index in [0.717, 1.165) is 29.8 Å². The van der Waals surface area contributed by atoms with E-state index < -0.39 is 26.0 Å². The first kappa shape index (κ1) is 27.3. The van der Waals surface area contributed by atoms with E-state index in [1.165, 1.54) is 16.4 Å². The second kappa shape index (κ2) is 11.6. The van der Waals surface area contributed by atoms with E-state index in [9.17, 15) is 21.6 Å². The Morgan fingerprint density at radius 3 is 2.31 bits per heavy atom. The molecule has 2 aromatic carbocycles. The molecule has 2 aromatic rings. The summed E-state index contributed by atoms with van der Waals surface area (Å²) in [6, 6.07) is 10.9. The van der Waals surface area contributed by atoms with Crippen molar-refractivity contribution in [3.63, 3.8) is 0 Å². The van der Waals surface area contributed by atoms with Gasteiger partial charge in [-0.05, 0) is 67.8 Å². The number of rotatable bonds is 10. The number of sulfonamides is 2. The average Bonchev–Trinajstić information content (AvgIpc) is 2.81. The molecule has 1 saturated heterocycles. The van der Waals surface area contributed by atoms with E-state index in [4.69, 9.17) is 16.3 Å². The number of carbonyl (C=O) groups is 1. The van der Waals surface area contributed by atoms with Crippen molar-refractivity contribution >= 4 is 43.2 Å². The molecular weight excluding hydrogens is 514 g/mol. The lowest BCUT2D eigenvalue weighted by Gasteiger charge is -2.25. The van der Waals surface area contributed by atoms with Gasteiger partial charge in [0.15, 0.2) is 0 Å². The lowest BCUT2D eigenvalue weighted by molar-refractivity contribution is -0.119. The third-order valence-corrected chi connectivity index (χ3v) is 8.86. The van der Waals surface area contributed by atoms with Crippen LogP contribution in [0.25, 0.3) is 0 Å². The van der Waals surface area contributed by atoms with E-state index in [2.05, 4.69) is 5.32 Å². The Balaban J connectivity index is 1.51. The summed E-state index contributed by atoms with van der Waals surface area (Å²) < 4.78 is 58.1. The zero-order valence-electron chi connectivity index (χ0n) is 19.7. The molecule has 9 nitrogen and oxygen atoms in total. The van der Waals surface area contributed by atoms with Gasteiger partial charge in [0.05, 0.1) is 23.4 Å². The number of halogens is 1. The fourth-order valence-corrected chi connectivity index (χ4v) is 6.45. The van der Waals surface area contributed by atoms with Crippen molar-refractivity contribution in [1.29, 1.82) is 0 Å². The fourth-order valence-electron chi connectivity index (χ4n) is 3.79. The number of nitrogens with zero attached hydrogens (tertiary/aromatic N) is 2. The minimum absolute atomic E-state index is 0.128. The predicted octanol–water partition coefficient (Wildman–Crippen LogP) is 2.78. The van der Waals surface area contributed by atoms with Crippen LogP contribution in [-0.2, 0) is 24.8 Å². The van der Waals surface area contributed by atoms with Crippen LogP contribution in [0.3, 0.4) is 0 Å². The molecule has 0 saturated carbocycles. The third kappa shape index (κ3) is 7.33. The summed E-state index contributed by atoms with van der Waals surface area (Å²) in [6.45, 7) is 2.68. The highest BCUT2D eigenvalue weighted by Gasteiger charge is 2.26. The van der Waals surface area contributed by atoms with Gasteiger partial charge in [-0.25, -0.2) is 16.8 Å². The minimum atomic E-state index is -3.70. The molecule has 35 heavy (non-hydrogen) atoms. The van der Waals surface area contributed by atoms with Gasteiger partial charge < -0.3 is 10.1 Å². The normalized spacial score (nSPS) is 14.9. The van der Waals surface area contributed by atoms with Gasteiger partial charge in [0.1, 0.15) is 18.9 Å². The molecule has 0 unspecified atom stereocenters. The summed E-state index contributed by atoms with van der Waals surface area (Å²) in [5, 5.41) is 3.11. The van der Waals surface area contributed by atoms with E-state index in [0.29, 0.717) is 35.1 Å². The van der Waals surface area contributed by atoms with Crippen molar-refractivity contribution in [3.05, 3.63) is 53.1 Å². The molecule has 192 valence electrons. The van der Waals surface area contributed by atoms with Crippen molar-refractivity contribution in [2.45, 2.75) is 31.1 Å². The molecule has 0 aromatic heterocycles. The fraction of sp³-hybridized carbons (Fsp3) is 0.435. The van der Waals surface area contributed by atoms with Crippen LogP contribution in [0.4, 0.5) is 5.69 Å². The molecule has 12 heteroatoms. The van der Waals surface area contributed by atoms with Crippen molar-refractivity contribution < 1.29 is 26.4 Å². The maximum atomic E-state index is 12.7. The molecule has 1 aliphatic heterocycles. The van der Waals surface area contributed by atoms with Crippen molar-refractivity contribution in [3.8, 4) is 5.75 Å². The lowest BCUT2D eigenvalue weighted by atomic mass is 10.2. The van der Waals surface area contributed by atoms with E-state index in [1.54, 1.807) is 37.3 Å². The highest BCUT2D eigenvalue weighted by Crippen LogP contribution is 2.25. The molecule has 1 amide bonds. The van der Waals surface area contributed by atoms with E-state index in [1.807, 2.05) is 0 Å². The number of nitrogens with one attached hydrogen (secondary N) is 1. The smallest absolute Gasteiger partial charge is 0.243 e. The Bertz CT molecular complexity index is 1240. The first-order valence-corrected chi connectivity index (χ1v) is 14.9. The van der Waals surface area contributed by atoms with Crippen LogP contribution in [0, 0.1) is 6.92 Å². The Labute approximate surface area is 212 Å². The molecule has 1 heterocycles. The number of hydrogen-bond donors (Lipinski definition) is 1. The quantitative estimate of drug-likeness (QED) is 0.461. The first-order chi connectivity index (χ1) is 16.5. The maximum absolute atomic E-state index is 12.7. The van der Waals surface area contributed by atoms with Gasteiger partial charge in [-0.2, -0.15) is 4.31 Å². The van der Waals surface area contributed by atoms with Crippen LogP contribution in [0.15, 0.2) is 47.4 Å². The predicted molar refractivity (Wildman–Crippen MR) is 136 cm³/mol. The SMILES string of the molecule is Cc1cc(Cl)ccc1N(CC(=O)NCCOc1ccc(S(=O)(=O)N2CCCCC2)cc1)S(C)(=O)=O. The largest absolute Gasteiger partial charge is 0.492 e. The van der Waals surface area contributed by atoms with Crippen LogP contribution in [0.1, 0.15) is 24.8 Å². The zero-order chi connectivity index (χ0) is 25.6. The lowest BCUT2D eigenvalue weighted by Crippen LogP contribution is -2.41. The topological polar surface area (TPSA) is 113 Å². The van der Waals surface area contributed by atoms with Gasteiger partial charge in [0.25, 0.3) is 0 Å². The number of amides is 1. The van der Waals surface area contributed by atoms with Gasteiger partial charge >= 0.3 is 0 Å². The first-order valence-electron chi connectivity index (χ1n) is 11.2. The summed E-state index contributed by atoms with van der Waals surface area (Å²) in [5.41, 5.74) is 1.01. The molecule has 0 atom stereocenters. The molecule has 3 rings (SSSR count). The van der Waals surface area contributed by atoms with Crippen LogP contribution < -0.4 is 14.4 Å². The zero-order valence-corrected chi connectivity index (χ0v) is 22.1. The summed E-state index contributed by atoms with van der Waals surface area (Å²) in [6.07, 6.45) is 3.82. The molecule has 0 radical (unpaired) electrons. The third-order valence-electron chi connectivity index (χ3n) is 5.58. The number of carbonyl (C=O) groups excluding carboxylic acids is 1. The van der Waals surface area contributed by atoms with Crippen LogP contribution in [0.5, 0.6) is 5.75 Å². The minimum Gasteiger partial charge on any atom is -0.492 e. The standard InChI is InChI=1S/C23H30ClN3O6S2/c1-18-16-19(24)6-11-22(18)27(34(2,29)30)17-23(28)25-12-15-33-20-7-9-21(10-8-20)35(31,32)26-13-4-3-5-14-26/h6-11,16H,3-5,12-15,17H2,1-2H3,(H,25,28). The molecule has 0 aliphatic carbocycles. The number of benzene rings is 2. The van der Waals surface area contributed by atoms with Gasteiger partial charge in [0.2, 0.25) is 26.0 Å². The molecule has 1 N–H and O–H groups in total. The summed E-state index contributed by atoms with van der Waals surface area (Å²) in [5.74, 6) is -0.0252. The second-order valence-corrected chi connectivity index (χ2v) is 12.6. The highest BCUT2D eigenvalue weighted by atomic mass is 35.5. The monoisotopic (exact) mass is 543 g/mol. The van der Waals surface area contributed by atoms with E-state index in [-0.39, 0.29) is 24.6 Å². The van der Waals surface area contributed by atoms with Crippen molar-refractivity contribution in [2.75, 3.05) is 43.3 Å². The number of piperidine rings is 1. The summed E-state index contributed by atoms with van der Waals surface area (Å²) in [7, 11) is -7.21. The summed E-state index contributed by atoms with van der Waals surface area (Å²) in [4.78, 5) is 12.6. The molecular formula is C23H30ClN3O6S2. The van der Waals surface area contributed by atoms with E-state index >= 15 is 0 Å². The van der Waals surface area contributed by atoms with Gasteiger partial charge in [0, 0.05) is 18.1 Å². The maximum Gasteiger partial charge on any atom is 0.243 e. The van der Waals surface area contributed by atoms with Crippen molar-refractivity contribution in [2.24, 2.45) is 0 Å². The highest BCUT2D eigenvalue weighted by molar-refractivity contribution is 7.92. The number of anilines is 1.